The van der Waals surface area contributed by atoms with Gasteiger partial charge >= 0.3 is 0 Å². The number of nitrogens with one attached hydrogen (secondary N) is 1. The lowest BCUT2D eigenvalue weighted by molar-refractivity contribution is 0.0672. The van der Waals surface area contributed by atoms with Crippen molar-refractivity contribution >= 4 is 17.7 Å². The summed E-state index contributed by atoms with van der Waals surface area (Å²) in [5.74, 6) is 3.77. The predicted molar refractivity (Wildman–Crippen MR) is 101 cm³/mol. The van der Waals surface area contributed by atoms with Crippen molar-refractivity contribution in [2.24, 2.45) is 0 Å². The van der Waals surface area contributed by atoms with Crippen molar-refractivity contribution in [2.45, 2.75) is 51.2 Å². The lowest BCUT2D eigenvalue weighted by atomic mass is 9.95. The lowest BCUT2D eigenvalue weighted by Gasteiger charge is -2.31. The van der Waals surface area contributed by atoms with Gasteiger partial charge in [-0.15, -0.1) is 0 Å². The number of thioether (sulfide) groups is 1. The summed E-state index contributed by atoms with van der Waals surface area (Å²) in [6.07, 6.45) is 6.31. The molecule has 0 aliphatic carbocycles. The maximum Gasteiger partial charge on any atom is 0.289 e. The minimum absolute atomic E-state index is 0.0112. The van der Waals surface area contributed by atoms with Crippen LogP contribution in [0.15, 0.2) is 22.7 Å². The molecule has 1 atom stereocenters. The van der Waals surface area contributed by atoms with E-state index in [9.17, 15) is 4.79 Å². The smallest absolute Gasteiger partial charge is 0.289 e. The van der Waals surface area contributed by atoms with Gasteiger partial charge in [0.15, 0.2) is 5.76 Å². The van der Waals surface area contributed by atoms with Gasteiger partial charge in [-0.1, -0.05) is 13.3 Å². The van der Waals surface area contributed by atoms with E-state index in [1.54, 1.807) is 6.20 Å². The molecule has 2 aromatic rings. The van der Waals surface area contributed by atoms with Crippen LogP contribution in [0.2, 0.25) is 0 Å². The summed E-state index contributed by atoms with van der Waals surface area (Å²) in [7, 11) is 0. The predicted octanol–water partition coefficient (Wildman–Crippen LogP) is 4.36. The van der Waals surface area contributed by atoms with Crippen LogP contribution in [0.5, 0.6) is 0 Å². The average molecular weight is 362 g/mol. The molecule has 1 saturated heterocycles. The highest BCUT2D eigenvalue weighted by Crippen LogP contribution is 2.28. The minimum atomic E-state index is 0.0112. The molecule has 1 aliphatic rings. The molecule has 1 fully saturated rings. The van der Waals surface area contributed by atoms with Gasteiger partial charge < -0.3 is 9.32 Å². The molecule has 0 aromatic carbocycles. The second-order valence-corrected chi connectivity index (χ2v) is 7.81. The third-order valence-electron chi connectivity index (χ3n) is 4.80. The molecule has 136 valence electrons. The van der Waals surface area contributed by atoms with Crippen LogP contribution in [0.25, 0.3) is 0 Å². The van der Waals surface area contributed by atoms with Gasteiger partial charge in [0.2, 0.25) is 0 Å². The summed E-state index contributed by atoms with van der Waals surface area (Å²) in [5.41, 5.74) is 2.26. The van der Waals surface area contributed by atoms with Crippen LogP contribution in [0, 0.1) is 6.92 Å². The van der Waals surface area contributed by atoms with Crippen molar-refractivity contribution in [1.29, 1.82) is 0 Å². The van der Waals surface area contributed by atoms with Crippen LogP contribution in [-0.2, 0) is 5.75 Å². The van der Waals surface area contributed by atoms with Gasteiger partial charge in [0.1, 0.15) is 5.76 Å². The van der Waals surface area contributed by atoms with E-state index in [0.717, 1.165) is 54.5 Å². The zero-order chi connectivity index (χ0) is 17.6. The quantitative estimate of drug-likeness (QED) is 0.744. The summed E-state index contributed by atoms with van der Waals surface area (Å²) in [6, 6.07) is 3.94. The number of nitrogens with zero attached hydrogens (tertiary/aromatic N) is 2. The Kier molecular flexibility index (Phi) is 6.24. The van der Waals surface area contributed by atoms with E-state index in [4.69, 9.17) is 4.42 Å². The van der Waals surface area contributed by atoms with Gasteiger partial charge in [0.05, 0.1) is 0 Å². The summed E-state index contributed by atoms with van der Waals surface area (Å²) in [5, 5.41) is 7.07. The topological polar surface area (TPSA) is 62.1 Å². The van der Waals surface area contributed by atoms with Gasteiger partial charge in [-0.05, 0) is 44.1 Å². The minimum Gasteiger partial charge on any atom is -0.456 e. The monoisotopic (exact) mass is 361 g/mol. The molecule has 1 amide bonds. The molecule has 0 saturated carbocycles. The number of hydrogen-bond acceptors (Lipinski definition) is 4. The van der Waals surface area contributed by atoms with E-state index in [-0.39, 0.29) is 5.91 Å². The number of aromatic nitrogens is 2. The number of amides is 1. The van der Waals surface area contributed by atoms with Crippen LogP contribution in [0.3, 0.4) is 0 Å². The van der Waals surface area contributed by atoms with Crippen LogP contribution in [0.4, 0.5) is 0 Å². The van der Waals surface area contributed by atoms with Crippen LogP contribution >= 0.6 is 11.8 Å². The molecule has 1 N–H and O–H groups in total. The Morgan fingerprint density at radius 1 is 1.52 bits per heavy atom. The number of likely N-dealkylation sites (tertiary alicyclic amines) is 1. The fraction of sp³-hybridized carbons (Fsp3) is 0.579. The SMILES string of the molecule is CCCCSCc1cc(C(=O)N2CCC[C@H](c3ccn[nH]3)C2)oc1C. The normalized spacial score (nSPS) is 17.8. The lowest BCUT2D eigenvalue weighted by Crippen LogP contribution is -2.39. The number of unbranched alkanes of at least 4 members (excludes halogenated alkanes) is 1. The first-order chi connectivity index (χ1) is 12.2. The van der Waals surface area contributed by atoms with E-state index in [1.165, 1.54) is 12.8 Å². The molecule has 5 nitrogen and oxygen atoms in total. The first-order valence-electron chi connectivity index (χ1n) is 9.14. The number of piperidine rings is 1. The zero-order valence-electron chi connectivity index (χ0n) is 15.1. The summed E-state index contributed by atoms with van der Waals surface area (Å²) < 4.78 is 5.79. The fourth-order valence-electron chi connectivity index (χ4n) is 3.26. The number of furan rings is 1. The summed E-state index contributed by atoms with van der Waals surface area (Å²) in [4.78, 5) is 14.8. The molecule has 0 unspecified atom stereocenters. The largest absolute Gasteiger partial charge is 0.456 e. The van der Waals surface area contributed by atoms with Crippen LogP contribution in [-0.4, -0.2) is 39.8 Å². The number of aryl methyl sites for hydroxylation is 1. The van der Waals surface area contributed by atoms with Gasteiger partial charge in [0.25, 0.3) is 5.91 Å². The number of carbonyl (C=O) groups excluding carboxylic acids is 1. The molecule has 0 bridgehead atoms. The van der Waals surface area contributed by atoms with E-state index in [0.29, 0.717) is 11.7 Å². The zero-order valence-corrected chi connectivity index (χ0v) is 15.9. The third-order valence-corrected chi connectivity index (χ3v) is 5.89. The van der Waals surface area contributed by atoms with Gasteiger partial charge in [-0.2, -0.15) is 16.9 Å². The molecule has 6 heteroatoms. The highest BCUT2D eigenvalue weighted by Gasteiger charge is 2.28. The molecule has 3 heterocycles. The van der Waals surface area contributed by atoms with Crippen LogP contribution in [0.1, 0.15) is 66.1 Å². The first-order valence-corrected chi connectivity index (χ1v) is 10.3. The van der Waals surface area contributed by atoms with Crippen molar-refractivity contribution in [2.75, 3.05) is 18.8 Å². The van der Waals surface area contributed by atoms with Crippen molar-refractivity contribution in [3.63, 3.8) is 0 Å². The van der Waals surface area contributed by atoms with Crippen molar-refractivity contribution < 1.29 is 9.21 Å². The fourth-order valence-corrected chi connectivity index (χ4v) is 4.41. The molecule has 0 radical (unpaired) electrons. The number of hydrogen-bond donors (Lipinski definition) is 1. The number of H-pyrrole nitrogens is 1. The molecule has 25 heavy (non-hydrogen) atoms. The van der Waals surface area contributed by atoms with Crippen molar-refractivity contribution in [3.8, 4) is 0 Å². The molecule has 1 aliphatic heterocycles. The standard InChI is InChI=1S/C19H27N3O2S/c1-3-4-10-25-13-16-11-18(24-14(16)2)19(23)22-9-5-6-15(12-22)17-7-8-20-21-17/h7-8,11,15H,3-6,9-10,12-13H2,1-2H3,(H,20,21)/t15-/m0/s1. The van der Waals surface area contributed by atoms with Gasteiger partial charge in [-0.25, -0.2) is 0 Å². The Balaban J connectivity index is 1.62. The second-order valence-electron chi connectivity index (χ2n) is 6.70. The third kappa shape index (κ3) is 4.48. The van der Waals surface area contributed by atoms with Crippen molar-refractivity contribution in [3.05, 3.63) is 41.1 Å². The maximum atomic E-state index is 12.9. The molecule has 3 rings (SSSR count). The van der Waals surface area contributed by atoms with E-state index >= 15 is 0 Å². The number of rotatable bonds is 7. The Bertz CT molecular complexity index is 681. The van der Waals surface area contributed by atoms with Gasteiger partial charge in [0, 0.05) is 42.2 Å². The number of carbonyl (C=O) groups is 1. The molecular weight excluding hydrogens is 334 g/mol. The molecular formula is C19H27N3O2S. The highest BCUT2D eigenvalue weighted by molar-refractivity contribution is 7.98. The van der Waals surface area contributed by atoms with E-state index in [2.05, 4.69) is 17.1 Å². The highest BCUT2D eigenvalue weighted by atomic mass is 32.2. The Hall–Kier alpha value is -1.69. The Morgan fingerprint density at radius 3 is 3.16 bits per heavy atom. The van der Waals surface area contributed by atoms with E-state index in [1.807, 2.05) is 35.7 Å². The number of aromatic amines is 1. The summed E-state index contributed by atoms with van der Waals surface area (Å²) >= 11 is 1.91. The maximum absolute atomic E-state index is 12.9. The Morgan fingerprint density at radius 2 is 2.40 bits per heavy atom. The Labute approximate surface area is 153 Å². The van der Waals surface area contributed by atoms with Gasteiger partial charge in [-0.3, -0.25) is 9.89 Å². The second kappa shape index (κ2) is 8.61. The average Bonchev–Trinajstić information content (AvgIpc) is 3.28. The molecule has 0 spiro atoms. The van der Waals surface area contributed by atoms with Crippen molar-refractivity contribution in [1.82, 2.24) is 15.1 Å². The molecule has 2 aromatic heterocycles. The van der Waals surface area contributed by atoms with E-state index < -0.39 is 0 Å². The summed E-state index contributed by atoms with van der Waals surface area (Å²) in [6.45, 7) is 5.68. The first kappa shape index (κ1) is 18.1. The van der Waals surface area contributed by atoms with Crippen LogP contribution < -0.4 is 0 Å².